The Balaban J connectivity index is 1.51. The topological polar surface area (TPSA) is 87.0 Å². The molecule has 0 bridgehead atoms. The van der Waals surface area contributed by atoms with Gasteiger partial charge in [0.2, 0.25) is 0 Å². The number of benzene rings is 2. The highest BCUT2D eigenvalue weighted by Crippen LogP contribution is 2.23. The molecule has 1 aromatic heterocycles. The van der Waals surface area contributed by atoms with Gasteiger partial charge in [0.05, 0.1) is 23.2 Å². The van der Waals surface area contributed by atoms with Crippen molar-refractivity contribution in [1.82, 2.24) is 10.3 Å². The van der Waals surface area contributed by atoms with Crippen LogP contribution in [-0.4, -0.2) is 11.0 Å². The number of aryl methyl sites for hydroxylation is 1. The van der Waals surface area contributed by atoms with Crippen LogP contribution in [0.25, 0.3) is 0 Å². The largest absolute Gasteiger partial charge is 0.457 e. The molecule has 0 unspecified atom stereocenters. The van der Waals surface area contributed by atoms with Gasteiger partial charge in [0, 0.05) is 16.8 Å². The lowest BCUT2D eigenvalue weighted by molar-refractivity contribution is 0.252. The number of rotatable bonds is 5. The molecule has 2 aromatic carbocycles. The quantitative estimate of drug-likeness (QED) is 0.701. The molecule has 0 atom stereocenters. The van der Waals surface area contributed by atoms with E-state index >= 15 is 0 Å². The fraction of sp³-hybridized carbons (Fsp3) is 0.105. The van der Waals surface area contributed by atoms with Crippen molar-refractivity contribution in [1.29, 1.82) is 5.26 Å². The van der Waals surface area contributed by atoms with Crippen LogP contribution in [-0.2, 0) is 6.54 Å². The average Bonchev–Trinajstić information content (AvgIpc) is 3.08. The van der Waals surface area contributed by atoms with Gasteiger partial charge in [-0.25, -0.2) is 9.78 Å². The fourth-order valence-electron chi connectivity index (χ4n) is 2.17. The predicted octanol–water partition coefficient (Wildman–Crippen LogP) is 4.44. The highest BCUT2D eigenvalue weighted by Gasteiger charge is 2.04. The standard InChI is InChI=1S/C19H16N4O2S/c1-13-21-11-18(26-13)12-22-19(24)23-15-4-8-17(9-5-15)25-16-6-2-14(10-20)3-7-16/h2-9,11H,12H2,1H3,(H2,22,23,24). The van der Waals surface area contributed by atoms with Crippen molar-refractivity contribution in [2.45, 2.75) is 13.5 Å². The van der Waals surface area contributed by atoms with Crippen LogP contribution in [0.15, 0.2) is 54.7 Å². The highest BCUT2D eigenvalue weighted by molar-refractivity contribution is 7.11. The number of nitrogens with one attached hydrogen (secondary N) is 2. The molecule has 130 valence electrons. The number of carbonyl (C=O) groups is 1. The molecular formula is C19H16N4O2S. The van der Waals surface area contributed by atoms with E-state index < -0.39 is 0 Å². The van der Waals surface area contributed by atoms with Crippen LogP contribution < -0.4 is 15.4 Å². The molecule has 0 aliphatic rings. The van der Waals surface area contributed by atoms with Gasteiger partial charge in [0.1, 0.15) is 11.5 Å². The Labute approximate surface area is 155 Å². The van der Waals surface area contributed by atoms with Crippen molar-refractivity contribution < 1.29 is 9.53 Å². The Morgan fingerprint density at radius 2 is 1.81 bits per heavy atom. The van der Waals surface area contributed by atoms with Crippen LogP contribution in [0.2, 0.25) is 0 Å². The first-order valence-electron chi connectivity index (χ1n) is 7.86. The fourth-order valence-corrected chi connectivity index (χ4v) is 2.90. The van der Waals surface area contributed by atoms with Crippen LogP contribution in [0.1, 0.15) is 15.4 Å². The number of amides is 2. The second-order valence-electron chi connectivity index (χ2n) is 5.42. The molecule has 0 aliphatic heterocycles. The summed E-state index contributed by atoms with van der Waals surface area (Å²) < 4.78 is 5.70. The second kappa shape index (κ2) is 8.14. The van der Waals surface area contributed by atoms with Crippen molar-refractivity contribution in [3.8, 4) is 17.6 Å². The van der Waals surface area contributed by atoms with Gasteiger partial charge < -0.3 is 15.4 Å². The SMILES string of the molecule is Cc1ncc(CNC(=O)Nc2ccc(Oc3ccc(C#N)cc3)cc2)s1. The predicted molar refractivity (Wildman–Crippen MR) is 100 cm³/mol. The van der Waals surface area contributed by atoms with Crippen molar-refractivity contribution in [2.75, 3.05) is 5.32 Å². The Kier molecular flexibility index (Phi) is 5.46. The molecule has 7 heteroatoms. The molecule has 2 N–H and O–H groups in total. The Morgan fingerprint density at radius 3 is 2.38 bits per heavy atom. The minimum atomic E-state index is -0.281. The van der Waals surface area contributed by atoms with E-state index in [1.807, 2.05) is 6.92 Å². The van der Waals surface area contributed by atoms with Crippen LogP contribution >= 0.6 is 11.3 Å². The van der Waals surface area contributed by atoms with Crippen LogP contribution in [0.5, 0.6) is 11.5 Å². The second-order valence-corrected chi connectivity index (χ2v) is 6.74. The first-order valence-corrected chi connectivity index (χ1v) is 8.68. The molecule has 0 aliphatic carbocycles. The maximum Gasteiger partial charge on any atom is 0.319 e. The van der Waals surface area contributed by atoms with Gasteiger partial charge in [0.15, 0.2) is 0 Å². The Hall–Kier alpha value is -3.37. The molecule has 26 heavy (non-hydrogen) atoms. The molecular weight excluding hydrogens is 348 g/mol. The number of carbonyl (C=O) groups excluding carboxylic acids is 1. The van der Waals surface area contributed by atoms with E-state index in [4.69, 9.17) is 10.00 Å². The number of nitrogens with zero attached hydrogens (tertiary/aromatic N) is 2. The number of ether oxygens (including phenoxy) is 1. The smallest absolute Gasteiger partial charge is 0.319 e. The van der Waals surface area contributed by atoms with Gasteiger partial charge in [-0.2, -0.15) is 5.26 Å². The Bertz CT molecular complexity index is 927. The van der Waals surface area contributed by atoms with E-state index in [1.165, 1.54) is 0 Å². The third-order valence-corrected chi connectivity index (χ3v) is 4.34. The average molecular weight is 364 g/mol. The van der Waals surface area contributed by atoms with Gasteiger partial charge in [0.25, 0.3) is 0 Å². The van der Waals surface area contributed by atoms with Gasteiger partial charge in [-0.3, -0.25) is 0 Å². The van der Waals surface area contributed by atoms with Gasteiger partial charge in [-0.1, -0.05) is 0 Å². The lowest BCUT2D eigenvalue weighted by Gasteiger charge is -2.09. The van der Waals surface area contributed by atoms with E-state index in [-0.39, 0.29) is 6.03 Å². The molecule has 0 radical (unpaired) electrons. The minimum Gasteiger partial charge on any atom is -0.457 e. The molecule has 6 nitrogen and oxygen atoms in total. The minimum absolute atomic E-state index is 0.281. The van der Waals surface area contributed by atoms with Crippen LogP contribution in [0.3, 0.4) is 0 Å². The lowest BCUT2D eigenvalue weighted by Crippen LogP contribution is -2.27. The molecule has 0 saturated heterocycles. The maximum atomic E-state index is 11.9. The molecule has 0 fully saturated rings. The first kappa shape index (κ1) is 17.5. The van der Waals surface area contributed by atoms with E-state index in [9.17, 15) is 4.79 Å². The summed E-state index contributed by atoms with van der Waals surface area (Å²) in [6.45, 7) is 2.37. The normalized spacial score (nSPS) is 10.0. The Morgan fingerprint density at radius 1 is 1.15 bits per heavy atom. The number of urea groups is 1. The summed E-state index contributed by atoms with van der Waals surface area (Å²) in [6.07, 6.45) is 1.76. The lowest BCUT2D eigenvalue weighted by atomic mass is 10.2. The monoisotopic (exact) mass is 364 g/mol. The third-order valence-electron chi connectivity index (χ3n) is 3.42. The third kappa shape index (κ3) is 4.82. The van der Waals surface area contributed by atoms with Crippen molar-refractivity contribution in [3.63, 3.8) is 0 Å². The van der Waals surface area contributed by atoms with Gasteiger partial charge in [-0.05, 0) is 55.5 Å². The molecule has 3 rings (SSSR count). The summed E-state index contributed by atoms with van der Waals surface area (Å²) in [4.78, 5) is 17.1. The van der Waals surface area contributed by atoms with Crippen LogP contribution in [0.4, 0.5) is 10.5 Å². The summed E-state index contributed by atoms with van der Waals surface area (Å²) in [5, 5.41) is 15.3. The number of anilines is 1. The summed E-state index contributed by atoms with van der Waals surface area (Å²) in [7, 11) is 0. The zero-order chi connectivity index (χ0) is 18.4. The van der Waals surface area contributed by atoms with E-state index in [0.29, 0.717) is 29.3 Å². The molecule has 0 saturated carbocycles. The molecule has 0 spiro atoms. The summed E-state index contributed by atoms with van der Waals surface area (Å²) in [5.41, 5.74) is 1.24. The van der Waals surface area contributed by atoms with Crippen molar-refractivity contribution >= 4 is 23.1 Å². The van der Waals surface area contributed by atoms with Crippen molar-refractivity contribution in [3.05, 3.63) is 70.2 Å². The van der Waals surface area contributed by atoms with Gasteiger partial charge in [-0.15, -0.1) is 11.3 Å². The number of hydrogen-bond acceptors (Lipinski definition) is 5. The number of nitriles is 1. The molecule has 3 aromatic rings. The maximum absolute atomic E-state index is 11.9. The molecule has 1 heterocycles. The number of thiazole rings is 1. The number of aromatic nitrogens is 1. The zero-order valence-electron chi connectivity index (χ0n) is 14.0. The molecule has 2 amide bonds. The van der Waals surface area contributed by atoms with E-state index in [2.05, 4.69) is 21.7 Å². The van der Waals surface area contributed by atoms with Crippen LogP contribution in [0, 0.1) is 18.3 Å². The zero-order valence-corrected chi connectivity index (χ0v) is 14.8. The van der Waals surface area contributed by atoms with Gasteiger partial charge >= 0.3 is 6.03 Å². The first-order chi connectivity index (χ1) is 12.6. The van der Waals surface area contributed by atoms with Crippen molar-refractivity contribution in [2.24, 2.45) is 0 Å². The summed E-state index contributed by atoms with van der Waals surface area (Å²) in [5.74, 6) is 1.28. The van der Waals surface area contributed by atoms with E-state index in [1.54, 1.807) is 66.1 Å². The summed E-state index contributed by atoms with van der Waals surface area (Å²) >= 11 is 1.55. The van der Waals surface area contributed by atoms with E-state index in [0.717, 1.165) is 9.88 Å². The highest BCUT2D eigenvalue weighted by atomic mass is 32.1. The number of hydrogen-bond donors (Lipinski definition) is 2. The summed E-state index contributed by atoms with van der Waals surface area (Å²) in [6, 6.07) is 15.7.